The lowest BCUT2D eigenvalue weighted by atomic mass is 10.1. The Morgan fingerprint density at radius 1 is 1.50 bits per heavy atom. The number of rotatable bonds is 2. The van der Waals surface area contributed by atoms with Gasteiger partial charge in [-0.15, -0.1) is 0 Å². The van der Waals surface area contributed by atoms with Crippen molar-refractivity contribution in [3.05, 3.63) is 29.6 Å². The summed E-state index contributed by atoms with van der Waals surface area (Å²) in [7, 11) is 0. The van der Waals surface area contributed by atoms with Crippen molar-refractivity contribution in [2.24, 2.45) is 0 Å². The van der Waals surface area contributed by atoms with Crippen molar-refractivity contribution in [2.45, 2.75) is 25.7 Å². The van der Waals surface area contributed by atoms with Crippen LogP contribution in [0.4, 0.5) is 13.2 Å². The number of halogens is 3. The summed E-state index contributed by atoms with van der Waals surface area (Å²) in [5.41, 5.74) is -0.518. The minimum Gasteiger partial charge on any atom is -0.312 e. The van der Waals surface area contributed by atoms with Gasteiger partial charge in [0.1, 0.15) is 0 Å². The maximum Gasteiger partial charge on any atom is 0.418 e. The van der Waals surface area contributed by atoms with E-state index in [0.717, 1.165) is 25.7 Å². The first-order valence-corrected chi connectivity index (χ1v) is 5.93. The molecule has 0 aromatic carbocycles. The normalized spacial score (nSPS) is 22.1. The second-order valence-corrected chi connectivity index (χ2v) is 4.59. The van der Waals surface area contributed by atoms with Crippen molar-refractivity contribution < 1.29 is 13.2 Å². The molecule has 1 aromatic rings. The molecule has 0 amide bonds. The second kappa shape index (κ2) is 5.24. The SMILES string of the molecule is CC1CN(Cc2ncccc2C(F)(F)F)CCN1. The van der Waals surface area contributed by atoms with E-state index in [0.29, 0.717) is 6.04 Å². The maximum absolute atomic E-state index is 12.8. The molecule has 1 unspecified atom stereocenters. The number of alkyl halides is 3. The van der Waals surface area contributed by atoms with Crippen LogP contribution in [0.2, 0.25) is 0 Å². The number of nitrogens with zero attached hydrogens (tertiary/aromatic N) is 2. The van der Waals surface area contributed by atoms with E-state index in [4.69, 9.17) is 0 Å². The number of hydrogen-bond donors (Lipinski definition) is 1. The Labute approximate surface area is 104 Å². The fourth-order valence-corrected chi connectivity index (χ4v) is 2.19. The highest BCUT2D eigenvalue weighted by atomic mass is 19.4. The van der Waals surface area contributed by atoms with Gasteiger partial charge in [0.25, 0.3) is 0 Å². The van der Waals surface area contributed by atoms with Crippen molar-refractivity contribution >= 4 is 0 Å². The lowest BCUT2D eigenvalue weighted by Crippen LogP contribution is -2.48. The van der Waals surface area contributed by atoms with Gasteiger partial charge in [0, 0.05) is 38.4 Å². The van der Waals surface area contributed by atoms with Gasteiger partial charge in [-0.05, 0) is 19.1 Å². The number of nitrogens with one attached hydrogen (secondary N) is 1. The predicted molar refractivity (Wildman–Crippen MR) is 62.0 cm³/mol. The highest BCUT2D eigenvalue weighted by Crippen LogP contribution is 2.31. The van der Waals surface area contributed by atoms with Crippen LogP contribution in [-0.4, -0.2) is 35.6 Å². The zero-order valence-corrected chi connectivity index (χ0v) is 10.2. The molecule has 1 N–H and O–H groups in total. The van der Waals surface area contributed by atoms with E-state index >= 15 is 0 Å². The Morgan fingerprint density at radius 3 is 2.94 bits per heavy atom. The molecule has 100 valence electrons. The minimum absolute atomic E-state index is 0.110. The average Bonchev–Trinajstić information content (AvgIpc) is 2.28. The molecule has 1 saturated heterocycles. The molecule has 1 aliphatic heterocycles. The van der Waals surface area contributed by atoms with Crippen molar-refractivity contribution in [3.63, 3.8) is 0 Å². The van der Waals surface area contributed by atoms with Crippen LogP contribution >= 0.6 is 0 Å². The topological polar surface area (TPSA) is 28.2 Å². The minimum atomic E-state index is -4.33. The Bertz CT molecular complexity index is 406. The van der Waals surface area contributed by atoms with Crippen LogP contribution in [0.15, 0.2) is 18.3 Å². The van der Waals surface area contributed by atoms with E-state index in [1.165, 1.54) is 12.3 Å². The Balaban J connectivity index is 2.13. The van der Waals surface area contributed by atoms with E-state index in [-0.39, 0.29) is 12.2 Å². The lowest BCUT2D eigenvalue weighted by molar-refractivity contribution is -0.138. The summed E-state index contributed by atoms with van der Waals surface area (Å²) in [4.78, 5) is 5.88. The van der Waals surface area contributed by atoms with Crippen molar-refractivity contribution in [3.8, 4) is 0 Å². The van der Waals surface area contributed by atoms with Crippen LogP contribution in [-0.2, 0) is 12.7 Å². The van der Waals surface area contributed by atoms with Gasteiger partial charge in [-0.2, -0.15) is 13.2 Å². The number of piperazine rings is 1. The second-order valence-electron chi connectivity index (χ2n) is 4.59. The first kappa shape index (κ1) is 13.3. The van der Waals surface area contributed by atoms with Crippen LogP contribution in [0.25, 0.3) is 0 Å². The fourth-order valence-electron chi connectivity index (χ4n) is 2.19. The molecule has 0 aliphatic carbocycles. The summed E-state index contributed by atoms with van der Waals surface area (Å²) in [5, 5.41) is 3.26. The molecule has 1 atom stereocenters. The fraction of sp³-hybridized carbons (Fsp3) is 0.583. The summed E-state index contributed by atoms with van der Waals surface area (Å²) < 4.78 is 38.4. The summed E-state index contributed by atoms with van der Waals surface area (Å²) >= 11 is 0. The molecule has 0 spiro atoms. The van der Waals surface area contributed by atoms with Gasteiger partial charge in [-0.1, -0.05) is 0 Å². The molecule has 1 aliphatic rings. The first-order valence-electron chi connectivity index (χ1n) is 5.93. The molecular weight excluding hydrogens is 243 g/mol. The van der Waals surface area contributed by atoms with Crippen molar-refractivity contribution in [1.29, 1.82) is 0 Å². The molecule has 2 rings (SSSR count). The number of pyridine rings is 1. The summed E-state index contributed by atoms with van der Waals surface area (Å²) in [5.74, 6) is 0. The summed E-state index contributed by atoms with van der Waals surface area (Å²) in [6.45, 7) is 4.57. The van der Waals surface area contributed by atoms with Gasteiger partial charge in [-0.3, -0.25) is 9.88 Å². The third kappa shape index (κ3) is 3.20. The van der Waals surface area contributed by atoms with Crippen LogP contribution in [0.5, 0.6) is 0 Å². The monoisotopic (exact) mass is 259 g/mol. The molecule has 0 bridgehead atoms. The van der Waals surface area contributed by atoms with Crippen LogP contribution in [0.3, 0.4) is 0 Å². The van der Waals surface area contributed by atoms with Crippen LogP contribution < -0.4 is 5.32 Å². The average molecular weight is 259 g/mol. The quantitative estimate of drug-likeness (QED) is 0.879. The molecule has 18 heavy (non-hydrogen) atoms. The molecule has 1 fully saturated rings. The number of aromatic nitrogens is 1. The highest BCUT2D eigenvalue weighted by molar-refractivity contribution is 5.23. The van der Waals surface area contributed by atoms with Crippen molar-refractivity contribution in [1.82, 2.24) is 15.2 Å². The maximum atomic E-state index is 12.8. The highest BCUT2D eigenvalue weighted by Gasteiger charge is 2.34. The zero-order chi connectivity index (χ0) is 13.2. The molecule has 3 nitrogen and oxygen atoms in total. The van der Waals surface area contributed by atoms with Crippen LogP contribution in [0, 0.1) is 0 Å². The standard InChI is InChI=1S/C12H16F3N3/c1-9-7-18(6-5-16-9)8-11-10(12(13,14)15)3-2-4-17-11/h2-4,9,16H,5-8H2,1H3. The lowest BCUT2D eigenvalue weighted by Gasteiger charge is -2.32. The van der Waals surface area contributed by atoms with Gasteiger partial charge < -0.3 is 5.32 Å². The molecule has 0 saturated carbocycles. The first-order chi connectivity index (χ1) is 8.47. The third-order valence-corrected chi connectivity index (χ3v) is 3.02. The molecular formula is C12H16F3N3. The Hall–Kier alpha value is -1.14. The van der Waals surface area contributed by atoms with Gasteiger partial charge in [0.15, 0.2) is 0 Å². The molecule has 1 aromatic heterocycles. The molecule has 2 heterocycles. The Morgan fingerprint density at radius 2 is 2.28 bits per heavy atom. The van der Waals surface area contributed by atoms with E-state index < -0.39 is 11.7 Å². The number of hydrogen-bond acceptors (Lipinski definition) is 3. The zero-order valence-electron chi connectivity index (χ0n) is 10.2. The van der Waals surface area contributed by atoms with E-state index in [1.54, 1.807) is 0 Å². The van der Waals surface area contributed by atoms with Gasteiger partial charge in [-0.25, -0.2) is 0 Å². The van der Waals surface area contributed by atoms with Crippen LogP contribution in [0.1, 0.15) is 18.2 Å². The van der Waals surface area contributed by atoms with Gasteiger partial charge >= 0.3 is 6.18 Å². The summed E-state index contributed by atoms with van der Waals surface area (Å²) in [6.07, 6.45) is -2.92. The molecule has 0 radical (unpaired) electrons. The third-order valence-electron chi connectivity index (χ3n) is 3.02. The van der Waals surface area contributed by atoms with E-state index in [2.05, 4.69) is 10.3 Å². The smallest absolute Gasteiger partial charge is 0.312 e. The largest absolute Gasteiger partial charge is 0.418 e. The Kier molecular flexibility index (Phi) is 3.87. The van der Waals surface area contributed by atoms with Gasteiger partial charge in [0.05, 0.1) is 11.3 Å². The summed E-state index contributed by atoms with van der Waals surface area (Å²) in [6, 6.07) is 2.72. The van der Waals surface area contributed by atoms with E-state index in [1.807, 2.05) is 11.8 Å². The van der Waals surface area contributed by atoms with Gasteiger partial charge in [0.2, 0.25) is 0 Å². The molecule has 6 heteroatoms. The predicted octanol–water partition coefficient (Wildman–Crippen LogP) is 1.89. The van der Waals surface area contributed by atoms with E-state index in [9.17, 15) is 13.2 Å². The van der Waals surface area contributed by atoms with Crippen molar-refractivity contribution in [2.75, 3.05) is 19.6 Å².